The predicted octanol–water partition coefficient (Wildman–Crippen LogP) is 1.79. The minimum atomic E-state index is -0.676. The molecule has 2 amide bonds. The van der Waals surface area contributed by atoms with Crippen LogP contribution in [0.2, 0.25) is 0 Å². The third kappa shape index (κ3) is 4.75. The van der Waals surface area contributed by atoms with Crippen LogP contribution in [0.5, 0.6) is 5.75 Å². The van der Waals surface area contributed by atoms with E-state index < -0.39 is 24.2 Å². The van der Waals surface area contributed by atoms with Crippen LogP contribution in [-0.2, 0) is 11.3 Å². The normalized spacial score (nSPS) is 10.6. The molecule has 2 aromatic carbocycles. The lowest BCUT2D eigenvalue weighted by Crippen LogP contribution is -2.44. The number of nitrogens with one attached hydrogen (secondary N) is 2. The summed E-state index contributed by atoms with van der Waals surface area (Å²) < 4.78 is 19.5. The largest absolute Gasteiger partial charge is 0.484 e. The van der Waals surface area contributed by atoms with Crippen molar-refractivity contribution in [1.29, 1.82) is 0 Å². The van der Waals surface area contributed by atoms with Crippen LogP contribution in [0.4, 0.5) is 4.39 Å². The molecule has 3 rings (SSSR count). The number of nitrogens with zero attached hydrogens (tertiary/aromatic N) is 2. The highest BCUT2D eigenvalue weighted by Crippen LogP contribution is 2.13. The van der Waals surface area contributed by atoms with Gasteiger partial charge in [0.05, 0.1) is 5.39 Å². The first kappa shape index (κ1) is 20.0. The molecule has 0 radical (unpaired) electrons. The molecule has 0 aliphatic heterocycles. The molecule has 1 aromatic heterocycles. The van der Waals surface area contributed by atoms with Gasteiger partial charge in [-0.1, -0.05) is 31.2 Å². The smallest absolute Gasteiger partial charge is 0.290 e. The average Bonchev–Trinajstić information content (AvgIpc) is 2.73. The second kappa shape index (κ2) is 8.96. The number of benzene rings is 2. The summed E-state index contributed by atoms with van der Waals surface area (Å²) in [5.74, 6) is -1.62. The summed E-state index contributed by atoms with van der Waals surface area (Å²) in [5.41, 5.74) is 4.20. The zero-order valence-corrected chi connectivity index (χ0v) is 15.6. The van der Waals surface area contributed by atoms with Gasteiger partial charge in [0.15, 0.2) is 12.3 Å². The number of carbonyl (C=O) groups excluding carboxylic acids is 2. The molecule has 0 fully saturated rings. The number of hydrogen-bond donors (Lipinski definition) is 2. The molecule has 0 spiro atoms. The molecular formula is C20H19FN4O4. The Balaban J connectivity index is 1.70. The zero-order chi connectivity index (χ0) is 20.8. The second-order valence-corrected chi connectivity index (χ2v) is 6.17. The van der Waals surface area contributed by atoms with Crippen LogP contribution < -0.4 is 21.1 Å². The van der Waals surface area contributed by atoms with Gasteiger partial charge >= 0.3 is 0 Å². The molecule has 29 heavy (non-hydrogen) atoms. The van der Waals surface area contributed by atoms with E-state index in [2.05, 4.69) is 16.0 Å². The average molecular weight is 398 g/mol. The van der Waals surface area contributed by atoms with Gasteiger partial charge in [0.1, 0.15) is 11.6 Å². The van der Waals surface area contributed by atoms with E-state index in [4.69, 9.17) is 4.74 Å². The fourth-order valence-electron chi connectivity index (χ4n) is 2.69. The zero-order valence-electron chi connectivity index (χ0n) is 15.6. The molecule has 1 heterocycles. The summed E-state index contributed by atoms with van der Waals surface area (Å²) in [5, 5.41) is 4.88. The Hall–Kier alpha value is -3.75. The maximum absolute atomic E-state index is 13.1. The highest BCUT2D eigenvalue weighted by atomic mass is 19.1. The molecule has 2 N–H and O–H groups in total. The van der Waals surface area contributed by atoms with Crippen LogP contribution in [0.25, 0.3) is 10.8 Å². The Labute approximate surface area is 165 Å². The van der Waals surface area contributed by atoms with Crippen LogP contribution in [0.3, 0.4) is 0 Å². The number of ether oxygens (including phenoxy) is 1. The van der Waals surface area contributed by atoms with Crippen molar-refractivity contribution < 1.29 is 18.7 Å². The lowest BCUT2D eigenvalue weighted by Gasteiger charge is -2.12. The Bertz CT molecular complexity index is 1110. The quantitative estimate of drug-likeness (QED) is 0.617. The number of amides is 2. The summed E-state index contributed by atoms with van der Waals surface area (Å²) >= 11 is 0. The Morgan fingerprint density at radius 3 is 2.59 bits per heavy atom. The summed E-state index contributed by atoms with van der Waals surface area (Å²) in [4.78, 5) is 36.9. The lowest BCUT2D eigenvalue weighted by molar-refractivity contribution is -0.123. The number of carbonyl (C=O) groups is 2. The van der Waals surface area contributed by atoms with Gasteiger partial charge in [-0.15, -0.1) is 0 Å². The maximum Gasteiger partial charge on any atom is 0.290 e. The monoisotopic (exact) mass is 398 g/mol. The standard InChI is InChI=1S/C20H19FN4O4/c1-2-10-25-20(28)16-9-4-3-8-15(16)18(24-25)19(27)23-22-17(26)12-29-14-7-5-6-13(21)11-14/h3-9,11H,2,10,12H2,1H3,(H,22,26)(H,23,27). The van der Waals surface area contributed by atoms with Crippen molar-refractivity contribution in [1.82, 2.24) is 20.6 Å². The van der Waals surface area contributed by atoms with Crippen LogP contribution in [0.15, 0.2) is 53.3 Å². The fraction of sp³-hybridized carbons (Fsp3) is 0.200. The number of rotatable bonds is 6. The molecule has 3 aromatic rings. The summed E-state index contributed by atoms with van der Waals surface area (Å²) in [7, 11) is 0. The Kier molecular flexibility index (Phi) is 6.18. The van der Waals surface area contributed by atoms with E-state index in [-0.39, 0.29) is 17.0 Å². The third-order valence-corrected chi connectivity index (χ3v) is 4.00. The number of hydrogen-bond acceptors (Lipinski definition) is 5. The van der Waals surface area contributed by atoms with Gasteiger partial charge in [0.2, 0.25) is 0 Å². The fourth-order valence-corrected chi connectivity index (χ4v) is 2.69. The van der Waals surface area contributed by atoms with Gasteiger partial charge < -0.3 is 4.74 Å². The van der Waals surface area contributed by atoms with Gasteiger partial charge in [0.25, 0.3) is 17.4 Å². The first-order valence-electron chi connectivity index (χ1n) is 8.97. The predicted molar refractivity (Wildman–Crippen MR) is 104 cm³/mol. The van der Waals surface area contributed by atoms with Crippen molar-refractivity contribution in [2.24, 2.45) is 0 Å². The van der Waals surface area contributed by atoms with Gasteiger partial charge in [0, 0.05) is 18.0 Å². The first-order valence-corrected chi connectivity index (χ1v) is 8.97. The van der Waals surface area contributed by atoms with E-state index in [1.165, 1.54) is 22.9 Å². The van der Waals surface area contributed by atoms with Crippen molar-refractivity contribution in [2.45, 2.75) is 19.9 Å². The highest BCUT2D eigenvalue weighted by Gasteiger charge is 2.17. The van der Waals surface area contributed by atoms with E-state index >= 15 is 0 Å². The van der Waals surface area contributed by atoms with Crippen molar-refractivity contribution in [3.05, 3.63) is 70.4 Å². The van der Waals surface area contributed by atoms with E-state index in [0.29, 0.717) is 23.7 Å². The van der Waals surface area contributed by atoms with E-state index in [9.17, 15) is 18.8 Å². The molecule has 0 aliphatic rings. The molecule has 0 saturated heterocycles. The molecule has 0 saturated carbocycles. The van der Waals surface area contributed by atoms with Crippen molar-refractivity contribution in [3.8, 4) is 5.75 Å². The molecule has 0 atom stereocenters. The summed E-state index contributed by atoms with van der Waals surface area (Å²) in [6.45, 7) is 1.83. The van der Waals surface area contributed by atoms with Crippen molar-refractivity contribution >= 4 is 22.6 Å². The van der Waals surface area contributed by atoms with Crippen molar-refractivity contribution in [3.63, 3.8) is 0 Å². The van der Waals surface area contributed by atoms with E-state index in [0.717, 1.165) is 6.07 Å². The van der Waals surface area contributed by atoms with Crippen LogP contribution >= 0.6 is 0 Å². The number of aromatic nitrogens is 2. The van der Waals surface area contributed by atoms with Crippen LogP contribution in [0, 0.1) is 5.82 Å². The Morgan fingerprint density at radius 1 is 1.10 bits per heavy atom. The van der Waals surface area contributed by atoms with Gasteiger partial charge in [-0.3, -0.25) is 25.2 Å². The summed E-state index contributed by atoms with van der Waals surface area (Å²) in [6.07, 6.45) is 0.667. The molecule has 0 unspecified atom stereocenters. The number of hydrazine groups is 1. The Morgan fingerprint density at radius 2 is 1.86 bits per heavy atom. The minimum Gasteiger partial charge on any atom is -0.484 e. The highest BCUT2D eigenvalue weighted by molar-refractivity contribution is 6.05. The first-order chi connectivity index (χ1) is 14.0. The number of fused-ring (bicyclic) bond motifs is 1. The minimum absolute atomic E-state index is 0.0139. The van der Waals surface area contributed by atoms with Gasteiger partial charge in [-0.05, 0) is 24.6 Å². The third-order valence-electron chi connectivity index (χ3n) is 4.00. The number of halogens is 1. The molecule has 8 nitrogen and oxygen atoms in total. The molecule has 9 heteroatoms. The molecule has 0 aliphatic carbocycles. The van der Waals surface area contributed by atoms with Crippen LogP contribution in [-0.4, -0.2) is 28.2 Å². The van der Waals surface area contributed by atoms with E-state index in [1.807, 2.05) is 6.92 Å². The summed E-state index contributed by atoms with van der Waals surface area (Å²) in [6, 6.07) is 12.0. The lowest BCUT2D eigenvalue weighted by atomic mass is 10.1. The van der Waals surface area contributed by atoms with E-state index in [1.54, 1.807) is 24.3 Å². The van der Waals surface area contributed by atoms with Crippen LogP contribution in [0.1, 0.15) is 23.8 Å². The topological polar surface area (TPSA) is 102 Å². The maximum atomic E-state index is 13.1. The molecule has 0 bridgehead atoms. The SMILES string of the molecule is CCCn1nc(C(=O)NNC(=O)COc2cccc(F)c2)c2ccccc2c1=O. The van der Waals surface area contributed by atoms with Gasteiger partial charge in [-0.2, -0.15) is 5.10 Å². The van der Waals surface area contributed by atoms with Gasteiger partial charge in [-0.25, -0.2) is 9.07 Å². The second-order valence-electron chi connectivity index (χ2n) is 6.17. The van der Waals surface area contributed by atoms with Crippen molar-refractivity contribution in [2.75, 3.05) is 6.61 Å². The molecule has 150 valence electrons. The molecular weight excluding hydrogens is 379 g/mol. The number of aryl methyl sites for hydroxylation is 1.